The highest BCUT2D eigenvalue weighted by Gasteiger charge is 2.33. The third-order valence-corrected chi connectivity index (χ3v) is 5.96. The molecule has 39 heavy (non-hydrogen) atoms. The van der Waals surface area contributed by atoms with Gasteiger partial charge in [0.2, 0.25) is 5.91 Å². The summed E-state index contributed by atoms with van der Waals surface area (Å²) in [7, 11) is 1.68. The number of ether oxygens (including phenoxy) is 1. The first kappa shape index (κ1) is 29.3. The number of amides is 2. The normalized spacial score (nSPS) is 19.0. The largest absolute Gasteiger partial charge is 0.441 e. The molecule has 0 bridgehead atoms. The van der Waals surface area contributed by atoms with Crippen molar-refractivity contribution in [1.82, 2.24) is 15.1 Å². The van der Waals surface area contributed by atoms with E-state index in [0.717, 1.165) is 17.0 Å². The van der Waals surface area contributed by atoms with Gasteiger partial charge in [0, 0.05) is 63.6 Å². The lowest BCUT2D eigenvalue weighted by atomic mass is 10.2. The quantitative estimate of drug-likeness (QED) is 0.213. The first-order valence-corrected chi connectivity index (χ1v) is 12.0. The van der Waals surface area contributed by atoms with Gasteiger partial charge in [-0.05, 0) is 7.05 Å². The third kappa shape index (κ3) is 7.42. The van der Waals surface area contributed by atoms with Gasteiger partial charge in [0.15, 0.2) is 23.8 Å². The van der Waals surface area contributed by atoms with E-state index in [9.17, 15) is 23.2 Å². The van der Waals surface area contributed by atoms with Crippen LogP contribution in [0.2, 0.25) is 0 Å². The number of rotatable bonds is 7. The van der Waals surface area contributed by atoms with Crippen molar-refractivity contribution in [2.45, 2.75) is 6.10 Å². The molecule has 1 atom stereocenters. The number of nitrogens with zero attached hydrogens (tertiary/aromatic N) is 7. The molecule has 0 aromatic heterocycles. The Hall–Kier alpha value is -4.24. The molecule has 3 heterocycles. The van der Waals surface area contributed by atoms with E-state index in [1.807, 2.05) is 0 Å². The smallest absolute Gasteiger partial charge is 0.414 e. The highest BCUT2D eigenvalue weighted by Crippen LogP contribution is 2.31. The molecule has 1 unspecified atom stereocenters. The molecule has 2 amide bonds. The Morgan fingerprint density at radius 1 is 1.28 bits per heavy atom. The van der Waals surface area contributed by atoms with Gasteiger partial charge >= 0.3 is 6.09 Å². The van der Waals surface area contributed by atoms with Crippen LogP contribution in [0.15, 0.2) is 39.7 Å². The molecule has 2 fully saturated rings. The van der Waals surface area contributed by atoms with Crippen LogP contribution in [0.25, 0.3) is 0 Å². The van der Waals surface area contributed by atoms with Gasteiger partial charge in [-0.2, -0.15) is 5.10 Å². The SMILES string of the molecule is C=N/N=C(/C=O)N1C=CN=CC1.CNCC(=O)N1CCN(c2c(F)cc(N3CC(CO)OC3=O)cc2F)CC1. The lowest BCUT2D eigenvalue weighted by Crippen LogP contribution is -2.51. The molecule has 4 rings (SSSR count). The minimum Gasteiger partial charge on any atom is -0.441 e. The Morgan fingerprint density at radius 2 is 1.97 bits per heavy atom. The van der Waals surface area contributed by atoms with Gasteiger partial charge in [-0.3, -0.25) is 19.5 Å². The van der Waals surface area contributed by atoms with E-state index in [-0.39, 0.29) is 42.8 Å². The number of benzene rings is 1. The summed E-state index contributed by atoms with van der Waals surface area (Å²) in [6, 6.07) is 2.16. The van der Waals surface area contributed by atoms with E-state index >= 15 is 0 Å². The van der Waals surface area contributed by atoms with Crippen LogP contribution in [0.4, 0.5) is 25.0 Å². The standard InChI is InChI=1S/C17H22F2N4O4.C7H8N4O/c1-20-8-15(25)21-2-4-22(5-3-21)16-13(18)6-11(7-14(16)19)23-9-12(10-24)27-17(23)26;1-8-10-7(6-12)11-4-2-9-3-5-11/h6-7,12,20,24H,2-5,8-10H2,1H3;2-4,6H,1,5H2/b;10-7-. The molecule has 0 saturated carbocycles. The molecule has 2 N–H and O–H groups in total. The molecular weight excluding hydrogens is 518 g/mol. The third-order valence-electron chi connectivity index (χ3n) is 5.96. The van der Waals surface area contributed by atoms with Crippen LogP contribution in [0.3, 0.4) is 0 Å². The monoisotopic (exact) mass is 548 g/mol. The minimum atomic E-state index is -0.791. The zero-order valence-electron chi connectivity index (χ0n) is 21.4. The van der Waals surface area contributed by atoms with Crippen molar-refractivity contribution in [3.63, 3.8) is 0 Å². The average molecular weight is 549 g/mol. The number of piperazine rings is 1. The first-order valence-electron chi connectivity index (χ1n) is 12.0. The number of halogens is 2. The van der Waals surface area contributed by atoms with Crippen molar-refractivity contribution in [3.8, 4) is 0 Å². The fraction of sp³-hybridized carbons (Fsp3) is 0.417. The Morgan fingerprint density at radius 3 is 2.49 bits per heavy atom. The zero-order valence-corrected chi connectivity index (χ0v) is 21.4. The van der Waals surface area contributed by atoms with Gasteiger partial charge < -0.3 is 29.9 Å². The first-order chi connectivity index (χ1) is 18.8. The van der Waals surface area contributed by atoms with Crippen LogP contribution < -0.4 is 15.1 Å². The molecule has 0 spiro atoms. The number of carbonyl (C=O) groups excluding carboxylic acids is 3. The maximum Gasteiger partial charge on any atom is 0.414 e. The van der Waals surface area contributed by atoms with E-state index in [0.29, 0.717) is 39.0 Å². The molecular formula is C24H30F2N8O5. The minimum absolute atomic E-state index is 0.0276. The Balaban J connectivity index is 0.000000293. The summed E-state index contributed by atoms with van der Waals surface area (Å²) in [4.78, 5) is 43.9. The number of amidine groups is 1. The number of nitrogens with one attached hydrogen (secondary N) is 1. The van der Waals surface area contributed by atoms with Gasteiger partial charge in [-0.25, -0.2) is 13.6 Å². The van der Waals surface area contributed by atoms with Crippen LogP contribution in [-0.4, -0.2) is 118 Å². The van der Waals surface area contributed by atoms with Crippen molar-refractivity contribution in [2.75, 3.05) is 69.3 Å². The molecule has 13 nitrogen and oxygen atoms in total. The van der Waals surface area contributed by atoms with Gasteiger partial charge in [0.05, 0.1) is 31.9 Å². The average Bonchev–Trinajstić information content (AvgIpc) is 3.33. The number of likely N-dealkylation sites (N-methyl/N-ethyl adjacent to an activating group) is 1. The summed E-state index contributed by atoms with van der Waals surface area (Å²) in [6.45, 7) is 4.94. The van der Waals surface area contributed by atoms with Crippen LogP contribution in [0, 0.1) is 11.6 Å². The molecule has 0 radical (unpaired) electrons. The van der Waals surface area contributed by atoms with Crippen molar-refractivity contribution >= 4 is 48.4 Å². The van der Waals surface area contributed by atoms with Crippen LogP contribution >= 0.6 is 0 Å². The van der Waals surface area contributed by atoms with E-state index < -0.39 is 23.8 Å². The maximum atomic E-state index is 14.6. The number of hydrogen-bond acceptors (Lipinski definition) is 10. The summed E-state index contributed by atoms with van der Waals surface area (Å²) in [5.41, 5.74) is -0.136. The molecule has 0 aliphatic carbocycles. The van der Waals surface area contributed by atoms with E-state index in [1.54, 1.807) is 40.4 Å². The Labute approximate surface area is 223 Å². The van der Waals surface area contributed by atoms with E-state index in [2.05, 4.69) is 27.2 Å². The summed E-state index contributed by atoms with van der Waals surface area (Å²) in [5, 5.41) is 18.7. The number of aliphatic hydroxyl groups is 1. The van der Waals surface area contributed by atoms with Crippen molar-refractivity contribution in [3.05, 3.63) is 36.2 Å². The van der Waals surface area contributed by atoms with E-state index in [1.165, 1.54) is 0 Å². The number of aliphatic imine (C=N–C) groups is 1. The molecule has 15 heteroatoms. The fourth-order valence-electron chi connectivity index (χ4n) is 4.05. The molecule has 2 saturated heterocycles. The summed E-state index contributed by atoms with van der Waals surface area (Å²) >= 11 is 0. The number of aldehydes is 1. The molecule has 1 aromatic rings. The second-order valence-electron chi connectivity index (χ2n) is 8.45. The van der Waals surface area contributed by atoms with E-state index in [4.69, 9.17) is 9.84 Å². The predicted octanol–water partition coefficient (Wildman–Crippen LogP) is 0.207. The molecule has 3 aliphatic rings. The van der Waals surface area contributed by atoms with Gasteiger partial charge in [-0.15, -0.1) is 5.10 Å². The summed E-state index contributed by atoms with van der Waals surface area (Å²) < 4.78 is 34.2. The number of anilines is 2. The number of carbonyl (C=O) groups is 3. The lowest BCUT2D eigenvalue weighted by Gasteiger charge is -2.36. The van der Waals surface area contributed by atoms with Gasteiger partial charge in [0.1, 0.15) is 11.8 Å². The molecule has 3 aliphatic heterocycles. The summed E-state index contributed by atoms with van der Waals surface area (Å²) in [6.07, 6.45) is 4.05. The second kappa shape index (κ2) is 14.1. The Bertz CT molecular complexity index is 1130. The van der Waals surface area contributed by atoms with Crippen molar-refractivity contribution in [1.29, 1.82) is 0 Å². The number of cyclic esters (lactones) is 1. The fourth-order valence-corrected chi connectivity index (χ4v) is 4.05. The van der Waals surface area contributed by atoms with Crippen LogP contribution in [0.1, 0.15) is 0 Å². The zero-order chi connectivity index (χ0) is 28.4. The van der Waals surface area contributed by atoms with Crippen LogP contribution in [0.5, 0.6) is 0 Å². The number of aliphatic hydroxyl groups excluding tert-OH is 1. The van der Waals surface area contributed by atoms with Crippen molar-refractivity contribution in [2.24, 2.45) is 15.2 Å². The van der Waals surface area contributed by atoms with Crippen LogP contribution in [-0.2, 0) is 14.3 Å². The highest BCUT2D eigenvalue weighted by atomic mass is 19.1. The molecule has 1 aromatic carbocycles. The molecule has 210 valence electrons. The van der Waals surface area contributed by atoms with Crippen molar-refractivity contribution < 1.29 is 33.0 Å². The predicted molar refractivity (Wildman–Crippen MR) is 141 cm³/mol. The van der Waals surface area contributed by atoms with Gasteiger partial charge in [-0.1, -0.05) is 0 Å². The second-order valence-corrected chi connectivity index (χ2v) is 8.45. The van der Waals surface area contributed by atoms with Gasteiger partial charge in [0.25, 0.3) is 0 Å². The highest BCUT2D eigenvalue weighted by molar-refractivity contribution is 6.27. The number of hydrogen-bond donors (Lipinski definition) is 2. The topological polar surface area (TPSA) is 143 Å². The maximum absolute atomic E-state index is 14.6. The Kier molecular flexibility index (Phi) is 10.6. The lowest BCUT2D eigenvalue weighted by molar-refractivity contribution is -0.130. The summed E-state index contributed by atoms with van der Waals surface area (Å²) in [5.74, 6) is -1.41.